The molecule has 1 atom stereocenters. The Morgan fingerprint density at radius 2 is 1.77 bits per heavy atom. The molecule has 0 saturated carbocycles. The smallest absolute Gasteiger partial charge is 0.287 e. The Hall–Kier alpha value is -4.82. The number of ether oxygens (including phenoxy) is 1. The second-order valence-electron chi connectivity index (χ2n) is 12.4. The summed E-state index contributed by atoms with van der Waals surface area (Å²) in [7, 11) is 0. The van der Waals surface area contributed by atoms with Crippen molar-refractivity contribution in [1.29, 1.82) is 0 Å². The van der Waals surface area contributed by atoms with Crippen LogP contribution in [0.15, 0.2) is 106 Å². The van der Waals surface area contributed by atoms with E-state index in [9.17, 15) is 14.4 Å². The zero-order chi connectivity index (χ0) is 33.5. The fourth-order valence-electron chi connectivity index (χ4n) is 6.43. The van der Waals surface area contributed by atoms with Crippen molar-refractivity contribution in [3.63, 3.8) is 0 Å². The van der Waals surface area contributed by atoms with E-state index in [1.54, 1.807) is 24.3 Å². The van der Waals surface area contributed by atoms with Crippen molar-refractivity contribution in [1.82, 2.24) is 10.2 Å². The van der Waals surface area contributed by atoms with E-state index in [1.807, 2.05) is 35.2 Å². The Morgan fingerprint density at radius 3 is 2.54 bits per heavy atom. The van der Waals surface area contributed by atoms with Crippen LogP contribution in [0.2, 0.25) is 5.02 Å². The number of rotatable bonds is 11. The van der Waals surface area contributed by atoms with Gasteiger partial charge in [0.05, 0.1) is 11.4 Å². The average molecular weight is 666 g/mol. The van der Waals surface area contributed by atoms with Gasteiger partial charge in [0, 0.05) is 49.4 Å². The van der Waals surface area contributed by atoms with Crippen molar-refractivity contribution >= 4 is 40.1 Å². The average Bonchev–Trinajstić information content (AvgIpc) is 3.10. The summed E-state index contributed by atoms with van der Waals surface area (Å²) in [5.74, 6) is 0.244. The first kappa shape index (κ1) is 33.1. The molecule has 6 rings (SSSR count). The van der Waals surface area contributed by atoms with E-state index >= 15 is 0 Å². The van der Waals surface area contributed by atoms with Crippen molar-refractivity contribution in [3.05, 3.63) is 129 Å². The van der Waals surface area contributed by atoms with Crippen LogP contribution in [0.3, 0.4) is 0 Å². The molecule has 3 aromatic carbocycles. The van der Waals surface area contributed by atoms with Crippen LogP contribution in [-0.4, -0.2) is 49.0 Å². The van der Waals surface area contributed by atoms with Gasteiger partial charge in [-0.2, -0.15) is 0 Å². The van der Waals surface area contributed by atoms with Crippen LogP contribution in [-0.2, 0) is 17.8 Å². The predicted octanol–water partition coefficient (Wildman–Crippen LogP) is 7.09. The van der Waals surface area contributed by atoms with Crippen LogP contribution in [0.4, 0.5) is 5.69 Å². The Bertz CT molecular complexity index is 1870. The van der Waals surface area contributed by atoms with E-state index in [-0.39, 0.29) is 23.1 Å². The van der Waals surface area contributed by atoms with Crippen LogP contribution >= 0.6 is 11.6 Å². The Labute approximate surface area is 285 Å². The molecule has 248 valence electrons. The lowest BCUT2D eigenvalue weighted by atomic mass is 9.97. The number of hydrogen-bond acceptors (Lipinski definition) is 6. The lowest BCUT2D eigenvalue weighted by Gasteiger charge is -2.34. The number of carbonyl (C=O) groups is 2. The van der Waals surface area contributed by atoms with Gasteiger partial charge < -0.3 is 24.3 Å². The van der Waals surface area contributed by atoms with E-state index in [0.717, 1.165) is 50.9 Å². The van der Waals surface area contributed by atoms with Gasteiger partial charge in [-0.05, 0) is 79.6 Å². The third kappa shape index (κ3) is 8.17. The van der Waals surface area contributed by atoms with Crippen molar-refractivity contribution < 1.29 is 18.7 Å². The minimum atomic E-state index is -0.463. The molecule has 0 aliphatic carbocycles. The van der Waals surface area contributed by atoms with Crippen LogP contribution in [0.25, 0.3) is 11.0 Å². The minimum absolute atomic E-state index is 0.0506. The molecule has 0 bridgehead atoms. The number of hydrogen-bond donors (Lipinski definition) is 1. The molecule has 9 heteroatoms. The SMILES string of the molecule is C=CCOc1ccc2oc(C(=O)N[C@H](C=C3CCN(c4ccccc4CN4CCCCC4=O)CC3)Cc3ccc(Cl)cc3)cc(=O)c2c1. The lowest BCUT2D eigenvalue weighted by molar-refractivity contribution is -0.133. The summed E-state index contributed by atoms with van der Waals surface area (Å²) >= 11 is 6.14. The number of carbonyl (C=O) groups excluding carboxylic acids is 2. The minimum Gasteiger partial charge on any atom is -0.490 e. The maximum absolute atomic E-state index is 13.5. The van der Waals surface area contributed by atoms with Gasteiger partial charge in [0.15, 0.2) is 11.2 Å². The van der Waals surface area contributed by atoms with Crippen molar-refractivity contribution in [3.8, 4) is 5.75 Å². The molecule has 3 heterocycles. The standard InChI is InChI=1S/C39H40ClN3O5/c1-2-21-47-32-14-15-36-33(24-32)35(44)25-37(48-36)39(46)41-31(22-27-10-12-30(40)13-11-27)23-28-16-19-42(20-17-28)34-8-4-3-7-29(34)26-43-18-6-5-9-38(43)45/h2-4,7-8,10-15,23-25,31H,1,5-6,9,16-22,26H2,(H,41,46)/t31-/m0/s1. The van der Waals surface area contributed by atoms with Crippen molar-refractivity contribution in [2.75, 3.05) is 31.1 Å². The number of nitrogens with zero attached hydrogens (tertiary/aromatic N) is 2. The molecule has 2 saturated heterocycles. The van der Waals surface area contributed by atoms with Crippen LogP contribution in [0.5, 0.6) is 5.75 Å². The summed E-state index contributed by atoms with van der Waals surface area (Å²) in [6, 6.07) is 21.8. The van der Waals surface area contributed by atoms with E-state index in [4.69, 9.17) is 20.8 Å². The fourth-order valence-corrected chi connectivity index (χ4v) is 6.56. The fraction of sp³-hybridized carbons (Fsp3) is 0.308. The highest BCUT2D eigenvalue weighted by Gasteiger charge is 2.23. The van der Waals surface area contributed by atoms with Crippen molar-refractivity contribution in [2.24, 2.45) is 0 Å². The quantitative estimate of drug-likeness (QED) is 0.172. The van der Waals surface area contributed by atoms with Gasteiger partial charge in [-0.3, -0.25) is 14.4 Å². The third-order valence-electron chi connectivity index (χ3n) is 8.93. The second kappa shape index (κ2) is 15.4. The summed E-state index contributed by atoms with van der Waals surface area (Å²) < 4.78 is 11.4. The number of para-hydroxylation sites is 1. The normalized spacial score (nSPS) is 15.7. The highest BCUT2D eigenvalue weighted by atomic mass is 35.5. The zero-order valence-electron chi connectivity index (χ0n) is 27.0. The number of amides is 2. The molecule has 8 nitrogen and oxygen atoms in total. The van der Waals surface area contributed by atoms with Gasteiger partial charge in [-0.1, -0.05) is 66.2 Å². The summed E-state index contributed by atoms with van der Waals surface area (Å²) in [6.07, 6.45) is 8.65. The number of halogens is 1. The third-order valence-corrected chi connectivity index (χ3v) is 9.19. The summed E-state index contributed by atoms with van der Waals surface area (Å²) in [5.41, 5.74) is 4.60. The number of benzene rings is 3. The second-order valence-corrected chi connectivity index (χ2v) is 12.8. The Morgan fingerprint density at radius 1 is 0.979 bits per heavy atom. The highest BCUT2D eigenvalue weighted by molar-refractivity contribution is 6.30. The number of likely N-dealkylation sites (tertiary alicyclic amines) is 1. The molecule has 4 aromatic rings. The Kier molecular flexibility index (Phi) is 10.6. The zero-order valence-corrected chi connectivity index (χ0v) is 27.7. The molecular formula is C39H40ClN3O5. The topological polar surface area (TPSA) is 92.1 Å². The molecule has 2 fully saturated rings. The first-order chi connectivity index (χ1) is 23.4. The lowest BCUT2D eigenvalue weighted by Crippen LogP contribution is -2.37. The molecular weight excluding hydrogens is 626 g/mol. The number of nitrogens with one attached hydrogen (secondary N) is 1. The van der Waals surface area contributed by atoms with Gasteiger partial charge in [0.25, 0.3) is 5.91 Å². The molecule has 1 aromatic heterocycles. The number of anilines is 1. The molecule has 48 heavy (non-hydrogen) atoms. The number of piperidine rings is 2. The van der Waals surface area contributed by atoms with E-state index in [1.165, 1.54) is 22.9 Å². The predicted molar refractivity (Wildman–Crippen MR) is 190 cm³/mol. The van der Waals surface area contributed by atoms with Gasteiger partial charge in [-0.15, -0.1) is 0 Å². The summed E-state index contributed by atoms with van der Waals surface area (Å²) in [6.45, 7) is 7.07. The molecule has 2 aliphatic rings. The van der Waals surface area contributed by atoms with Gasteiger partial charge in [-0.25, -0.2) is 0 Å². The maximum atomic E-state index is 13.5. The van der Waals surface area contributed by atoms with Crippen LogP contribution in [0.1, 0.15) is 53.8 Å². The van der Waals surface area contributed by atoms with E-state index in [2.05, 4.69) is 41.1 Å². The molecule has 0 unspecified atom stereocenters. The molecule has 2 aliphatic heterocycles. The van der Waals surface area contributed by atoms with Gasteiger partial charge in [0.1, 0.15) is 17.9 Å². The highest BCUT2D eigenvalue weighted by Crippen LogP contribution is 2.29. The van der Waals surface area contributed by atoms with E-state index < -0.39 is 5.91 Å². The molecule has 2 amide bonds. The van der Waals surface area contributed by atoms with Crippen LogP contribution in [0, 0.1) is 0 Å². The van der Waals surface area contributed by atoms with Crippen LogP contribution < -0.4 is 20.4 Å². The Balaban J connectivity index is 1.18. The molecule has 0 radical (unpaired) electrons. The monoisotopic (exact) mass is 665 g/mol. The summed E-state index contributed by atoms with van der Waals surface area (Å²) in [5, 5.41) is 4.09. The largest absolute Gasteiger partial charge is 0.490 e. The molecule has 0 spiro atoms. The molecule has 1 N–H and O–H groups in total. The maximum Gasteiger partial charge on any atom is 0.287 e. The van der Waals surface area contributed by atoms with Crippen molar-refractivity contribution in [2.45, 2.75) is 51.1 Å². The van der Waals surface area contributed by atoms with E-state index in [0.29, 0.717) is 47.7 Å². The number of fused-ring (bicyclic) bond motifs is 1. The first-order valence-electron chi connectivity index (χ1n) is 16.5. The van der Waals surface area contributed by atoms with Gasteiger partial charge >= 0.3 is 0 Å². The summed E-state index contributed by atoms with van der Waals surface area (Å²) in [4.78, 5) is 43.4. The first-order valence-corrected chi connectivity index (χ1v) is 16.9. The van der Waals surface area contributed by atoms with Gasteiger partial charge in [0.2, 0.25) is 5.91 Å².